The molecular formula is C26H36N4O4. The third kappa shape index (κ3) is 5.85. The molecule has 1 atom stereocenters. The van der Waals surface area contributed by atoms with Gasteiger partial charge in [0.15, 0.2) is 11.5 Å². The number of hydrogen-bond acceptors (Lipinski definition) is 6. The molecule has 2 saturated heterocycles. The number of rotatable bonds is 8. The Bertz CT molecular complexity index is 990. The average Bonchev–Trinajstić information content (AvgIpc) is 3.55. The van der Waals surface area contributed by atoms with Crippen molar-refractivity contribution in [1.82, 2.24) is 19.9 Å². The molecule has 8 nitrogen and oxygen atoms in total. The molecule has 0 N–H and O–H groups in total. The van der Waals surface area contributed by atoms with Crippen LogP contribution in [0.25, 0.3) is 11.3 Å². The van der Waals surface area contributed by atoms with Crippen molar-refractivity contribution in [3.8, 4) is 11.3 Å². The number of ether oxygens (including phenoxy) is 1. The second kappa shape index (κ2) is 11.1. The summed E-state index contributed by atoms with van der Waals surface area (Å²) >= 11 is 0. The maximum atomic E-state index is 13.4. The van der Waals surface area contributed by atoms with Crippen molar-refractivity contribution in [1.29, 1.82) is 0 Å². The van der Waals surface area contributed by atoms with Gasteiger partial charge in [-0.2, -0.15) is 0 Å². The molecule has 3 heterocycles. The molecule has 0 unspecified atom stereocenters. The summed E-state index contributed by atoms with van der Waals surface area (Å²) in [6.45, 7) is 12.0. The SMILES string of the molecule is CCN1CCN(C(=O)CCN(C[C@@H]2CCCO2)C(=O)c2cc(-c3cc(C)ccc3C)on2)CC1. The molecule has 184 valence electrons. The molecular weight excluding hydrogens is 432 g/mol. The second-order valence-electron chi connectivity index (χ2n) is 9.35. The normalized spacial score (nSPS) is 18.9. The fourth-order valence-electron chi connectivity index (χ4n) is 4.68. The van der Waals surface area contributed by atoms with Gasteiger partial charge in [-0.1, -0.05) is 29.8 Å². The highest BCUT2D eigenvalue weighted by atomic mass is 16.5. The Balaban J connectivity index is 1.44. The Hall–Kier alpha value is -2.71. The van der Waals surface area contributed by atoms with Crippen molar-refractivity contribution in [2.24, 2.45) is 0 Å². The molecule has 2 fully saturated rings. The van der Waals surface area contributed by atoms with Gasteiger partial charge in [-0.3, -0.25) is 9.59 Å². The molecule has 2 aliphatic rings. The molecule has 0 spiro atoms. The van der Waals surface area contributed by atoms with E-state index in [4.69, 9.17) is 9.26 Å². The fourth-order valence-corrected chi connectivity index (χ4v) is 4.68. The van der Waals surface area contributed by atoms with Gasteiger partial charge in [0.1, 0.15) is 0 Å². The lowest BCUT2D eigenvalue weighted by atomic mass is 10.0. The van der Waals surface area contributed by atoms with E-state index in [1.54, 1.807) is 11.0 Å². The topological polar surface area (TPSA) is 79.1 Å². The zero-order valence-corrected chi connectivity index (χ0v) is 20.6. The third-order valence-electron chi connectivity index (χ3n) is 6.89. The van der Waals surface area contributed by atoms with E-state index in [9.17, 15) is 9.59 Å². The molecule has 0 saturated carbocycles. The predicted octanol–water partition coefficient (Wildman–Crippen LogP) is 3.13. The number of nitrogens with zero attached hydrogens (tertiary/aromatic N) is 4. The molecule has 4 rings (SSSR count). The third-order valence-corrected chi connectivity index (χ3v) is 6.89. The lowest BCUT2D eigenvalue weighted by molar-refractivity contribution is -0.133. The van der Waals surface area contributed by atoms with Crippen LogP contribution in [0.2, 0.25) is 0 Å². The Morgan fingerprint density at radius 2 is 1.94 bits per heavy atom. The first-order chi connectivity index (χ1) is 16.4. The first-order valence-corrected chi connectivity index (χ1v) is 12.4. The fraction of sp³-hybridized carbons (Fsp3) is 0.577. The van der Waals surface area contributed by atoms with Crippen molar-refractivity contribution in [2.75, 3.05) is 52.4 Å². The van der Waals surface area contributed by atoms with E-state index >= 15 is 0 Å². The Kier molecular flexibility index (Phi) is 8.00. The summed E-state index contributed by atoms with van der Waals surface area (Å²) in [7, 11) is 0. The number of carbonyl (C=O) groups excluding carboxylic acids is 2. The highest BCUT2D eigenvalue weighted by Crippen LogP contribution is 2.26. The minimum atomic E-state index is -0.223. The van der Waals surface area contributed by atoms with Crippen LogP contribution in [0.4, 0.5) is 0 Å². The molecule has 0 aliphatic carbocycles. The van der Waals surface area contributed by atoms with Gasteiger partial charge in [0.05, 0.1) is 6.10 Å². The Labute approximate surface area is 201 Å². The van der Waals surface area contributed by atoms with Crippen molar-refractivity contribution in [3.05, 3.63) is 41.1 Å². The first-order valence-electron chi connectivity index (χ1n) is 12.4. The zero-order valence-electron chi connectivity index (χ0n) is 20.6. The molecule has 2 aliphatic heterocycles. The van der Waals surface area contributed by atoms with Gasteiger partial charge in [-0.15, -0.1) is 0 Å². The number of piperazine rings is 1. The van der Waals surface area contributed by atoms with E-state index in [0.29, 0.717) is 31.9 Å². The van der Waals surface area contributed by atoms with Gasteiger partial charge in [0, 0.05) is 63.9 Å². The molecule has 8 heteroatoms. The maximum Gasteiger partial charge on any atom is 0.276 e. The van der Waals surface area contributed by atoms with E-state index in [2.05, 4.69) is 17.0 Å². The number of hydrogen-bond donors (Lipinski definition) is 0. The molecule has 2 aromatic rings. The quantitative estimate of drug-likeness (QED) is 0.592. The Morgan fingerprint density at radius 3 is 2.65 bits per heavy atom. The summed E-state index contributed by atoms with van der Waals surface area (Å²) < 4.78 is 11.3. The minimum absolute atomic E-state index is 0.00228. The summed E-state index contributed by atoms with van der Waals surface area (Å²) in [5, 5.41) is 4.09. The molecule has 34 heavy (non-hydrogen) atoms. The highest BCUT2D eigenvalue weighted by molar-refractivity contribution is 5.93. The van der Waals surface area contributed by atoms with E-state index in [1.165, 1.54) is 0 Å². The van der Waals surface area contributed by atoms with Crippen LogP contribution in [0.1, 0.15) is 47.8 Å². The van der Waals surface area contributed by atoms with E-state index in [-0.39, 0.29) is 23.6 Å². The van der Waals surface area contributed by atoms with E-state index in [1.807, 2.05) is 36.9 Å². The maximum absolute atomic E-state index is 13.4. The second-order valence-corrected chi connectivity index (χ2v) is 9.35. The van der Waals surface area contributed by atoms with Crippen LogP contribution in [0, 0.1) is 13.8 Å². The lowest BCUT2D eigenvalue weighted by Crippen LogP contribution is -2.49. The number of benzene rings is 1. The van der Waals surface area contributed by atoms with Crippen molar-refractivity contribution < 1.29 is 18.8 Å². The summed E-state index contributed by atoms with van der Waals surface area (Å²) in [6, 6.07) is 7.82. The summed E-state index contributed by atoms with van der Waals surface area (Å²) in [5.74, 6) is 0.447. The summed E-state index contributed by atoms with van der Waals surface area (Å²) in [5.41, 5.74) is 3.37. The Morgan fingerprint density at radius 1 is 1.15 bits per heavy atom. The highest BCUT2D eigenvalue weighted by Gasteiger charge is 2.28. The minimum Gasteiger partial charge on any atom is -0.376 e. The summed E-state index contributed by atoms with van der Waals surface area (Å²) in [6.07, 6.45) is 2.21. The number of likely N-dealkylation sites (N-methyl/N-ethyl adjacent to an activating group) is 1. The van der Waals surface area contributed by atoms with E-state index < -0.39 is 0 Å². The monoisotopic (exact) mass is 468 g/mol. The smallest absolute Gasteiger partial charge is 0.276 e. The molecule has 0 bridgehead atoms. The van der Waals surface area contributed by atoms with Crippen molar-refractivity contribution >= 4 is 11.8 Å². The van der Waals surface area contributed by atoms with Gasteiger partial charge in [-0.25, -0.2) is 0 Å². The number of aryl methyl sites for hydroxylation is 2. The van der Waals surface area contributed by atoms with Gasteiger partial charge < -0.3 is 24.0 Å². The summed E-state index contributed by atoms with van der Waals surface area (Å²) in [4.78, 5) is 32.2. The van der Waals surface area contributed by atoms with Crippen LogP contribution in [-0.2, 0) is 9.53 Å². The van der Waals surface area contributed by atoms with Crippen LogP contribution in [0.5, 0.6) is 0 Å². The lowest BCUT2D eigenvalue weighted by Gasteiger charge is -2.34. The molecule has 1 aromatic carbocycles. The predicted molar refractivity (Wildman–Crippen MR) is 130 cm³/mol. The van der Waals surface area contributed by atoms with E-state index in [0.717, 1.165) is 62.3 Å². The standard InChI is InChI=1S/C26H36N4O4/c1-4-28-11-13-29(14-12-28)25(31)9-10-30(18-21-6-5-15-33-21)26(32)23-17-24(34-27-23)22-16-19(2)7-8-20(22)3/h7-8,16-17,21H,4-6,9-15,18H2,1-3H3/t21-/m0/s1. The molecule has 2 amide bonds. The van der Waals surface area contributed by atoms with Crippen LogP contribution in [-0.4, -0.2) is 90.2 Å². The van der Waals surface area contributed by atoms with Crippen LogP contribution < -0.4 is 0 Å². The molecule has 0 radical (unpaired) electrons. The molecule has 1 aromatic heterocycles. The van der Waals surface area contributed by atoms with Crippen LogP contribution >= 0.6 is 0 Å². The van der Waals surface area contributed by atoms with Crippen molar-refractivity contribution in [3.63, 3.8) is 0 Å². The van der Waals surface area contributed by atoms with Crippen LogP contribution in [0.3, 0.4) is 0 Å². The van der Waals surface area contributed by atoms with Gasteiger partial charge in [-0.05, 0) is 44.9 Å². The van der Waals surface area contributed by atoms with Gasteiger partial charge in [0.25, 0.3) is 5.91 Å². The first kappa shape index (κ1) is 24.4. The zero-order chi connectivity index (χ0) is 24.1. The van der Waals surface area contributed by atoms with Gasteiger partial charge >= 0.3 is 0 Å². The van der Waals surface area contributed by atoms with Gasteiger partial charge in [0.2, 0.25) is 5.91 Å². The number of carbonyl (C=O) groups is 2. The number of amides is 2. The van der Waals surface area contributed by atoms with Crippen molar-refractivity contribution in [2.45, 2.75) is 46.1 Å². The van der Waals surface area contributed by atoms with Crippen LogP contribution in [0.15, 0.2) is 28.8 Å². The average molecular weight is 469 g/mol. The largest absolute Gasteiger partial charge is 0.376 e. The number of aromatic nitrogens is 1.